The predicted octanol–water partition coefficient (Wildman–Crippen LogP) is 2.95. The number of nitrogen functional groups attached to an aromatic ring is 1. The molecule has 5 heteroatoms. The van der Waals surface area contributed by atoms with Crippen molar-refractivity contribution in [2.45, 2.75) is 10.6 Å². The van der Waals surface area contributed by atoms with Crippen LogP contribution < -0.4 is 5.73 Å². The number of nitrogens with two attached hydrogens (primary N) is 1. The van der Waals surface area contributed by atoms with Crippen molar-refractivity contribution in [2.24, 2.45) is 7.05 Å². The van der Waals surface area contributed by atoms with Gasteiger partial charge in [0.2, 0.25) is 0 Å². The first-order valence-corrected chi connectivity index (χ1v) is 6.17. The highest BCUT2D eigenvalue weighted by Gasteiger charge is 2.02. The van der Waals surface area contributed by atoms with E-state index in [1.54, 1.807) is 18.0 Å². The van der Waals surface area contributed by atoms with Gasteiger partial charge in [-0.15, -0.1) is 11.8 Å². The Hall–Kier alpha value is -1.13. The van der Waals surface area contributed by atoms with E-state index in [9.17, 15) is 0 Å². The maximum absolute atomic E-state index is 5.95. The molecule has 0 aliphatic carbocycles. The molecule has 3 nitrogen and oxygen atoms in total. The van der Waals surface area contributed by atoms with E-state index in [4.69, 9.17) is 17.3 Å². The second kappa shape index (κ2) is 4.80. The van der Waals surface area contributed by atoms with Gasteiger partial charge >= 0.3 is 0 Å². The Morgan fingerprint density at radius 2 is 2.31 bits per heavy atom. The van der Waals surface area contributed by atoms with Crippen molar-refractivity contribution >= 4 is 29.1 Å². The second-order valence-electron chi connectivity index (χ2n) is 3.43. The van der Waals surface area contributed by atoms with Gasteiger partial charge in [-0.05, 0) is 18.2 Å². The van der Waals surface area contributed by atoms with Crippen LogP contribution >= 0.6 is 23.4 Å². The lowest BCUT2D eigenvalue weighted by atomic mass is 10.3. The lowest BCUT2D eigenvalue weighted by molar-refractivity contribution is 0.849. The first-order valence-electron chi connectivity index (χ1n) is 4.81. The molecule has 0 radical (unpaired) electrons. The van der Waals surface area contributed by atoms with Crippen LogP contribution in [-0.2, 0) is 12.8 Å². The molecule has 0 fully saturated rings. The third-order valence-electron chi connectivity index (χ3n) is 2.26. The molecule has 0 saturated carbocycles. The van der Waals surface area contributed by atoms with Crippen molar-refractivity contribution in [3.63, 3.8) is 0 Å². The van der Waals surface area contributed by atoms with Crippen molar-refractivity contribution in [2.75, 3.05) is 5.73 Å². The summed E-state index contributed by atoms with van der Waals surface area (Å²) in [6.07, 6.45) is 3.73. The topological polar surface area (TPSA) is 43.8 Å². The van der Waals surface area contributed by atoms with Crippen LogP contribution in [0.1, 0.15) is 5.82 Å². The van der Waals surface area contributed by atoms with Gasteiger partial charge in [0, 0.05) is 24.3 Å². The van der Waals surface area contributed by atoms with E-state index in [2.05, 4.69) is 4.98 Å². The SMILES string of the molecule is Cn1ccnc1CSc1ccc(N)c(Cl)c1. The van der Waals surface area contributed by atoms with Crippen molar-refractivity contribution in [3.05, 3.63) is 41.4 Å². The third kappa shape index (κ3) is 2.51. The van der Waals surface area contributed by atoms with Gasteiger partial charge in [0.15, 0.2) is 0 Å². The number of thioether (sulfide) groups is 1. The van der Waals surface area contributed by atoms with E-state index in [1.807, 2.05) is 36.0 Å². The minimum atomic E-state index is 0.602. The predicted molar refractivity (Wildman–Crippen MR) is 68.6 cm³/mol. The fourth-order valence-electron chi connectivity index (χ4n) is 1.28. The Morgan fingerprint density at radius 1 is 1.50 bits per heavy atom. The Bertz CT molecular complexity index is 496. The van der Waals surface area contributed by atoms with Crippen LogP contribution in [0.5, 0.6) is 0 Å². The number of halogens is 1. The number of hydrogen-bond acceptors (Lipinski definition) is 3. The van der Waals surface area contributed by atoms with Gasteiger partial charge in [-0.1, -0.05) is 11.6 Å². The lowest BCUT2D eigenvalue weighted by Gasteiger charge is -2.04. The minimum absolute atomic E-state index is 0.602. The van der Waals surface area contributed by atoms with Gasteiger partial charge in [0.05, 0.1) is 16.5 Å². The van der Waals surface area contributed by atoms with E-state index in [-0.39, 0.29) is 0 Å². The molecule has 0 bridgehead atoms. The molecule has 0 saturated heterocycles. The number of aromatic nitrogens is 2. The van der Waals surface area contributed by atoms with E-state index in [0.29, 0.717) is 10.7 Å². The molecular formula is C11H12ClN3S. The largest absolute Gasteiger partial charge is 0.398 e. The lowest BCUT2D eigenvalue weighted by Crippen LogP contribution is -1.94. The van der Waals surface area contributed by atoms with Crippen molar-refractivity contribution in [1.82, 2.24) is 9.55 Å². The van der Waals surface area contributed by atoms with Gasteiger partial charge in [-0.2, -0.15) is 0 Å². The molecule has 0 unspecified atom stereocenters. The minimum Gasteiger partial charge on any atom is -0.398 e. The highest BCUT2D eigenvalue weighted by atomic mass is 35.5. The van der Waals surface area contributed by atoms with Crippen LogP contribution in [0, 0.1) is 0 Å². The molecule has 1 aromatic heterocycles. The summed E-state index contributed by atoms with van der Waals surface area (Å²) in [5, 5.41) is 0.602. The zero-order chi connectivity index (χ0) is 11.5. The first kappa shape index (κ1) is 11.4. The normalized spacial score (nSPS) is 10.6. The summed E-state index contributed by atoms with van der Waals surface area (Å²) >= 11 is 7.64. The molecule has 84 valence electrons. The summed E-state index contributed by atoms with van der Waals surface area (Å²) in [6, 6.07) is 5.67. The number of hydrogen-bond donors (Lipinski definition) is 1. The van der Waals surface area contributed by atoms with Crippen molar-refractivity contribution in [1.29, 1.82) is 0 Å². The fourth-order valence-corrected chi connectivity index (χ4v) is 2.47. The maximum atomic E-state index is 5.95. The van der Waals surface area contributed by atoms with Crippen LogP contribution in [0.15, 0.2) is 35.5 Å². The zero-order valence-electron chi connectivity index (χ0n) is 8.85. The van der Waals surface area contributed by atoms with Crippen molar-refractivity contribution in [3.8, 4) is 0 Å². The summed E-state index contributed by atoms with van der Waals surface area (Å²) in [5.41, 5.74) is 6.26. The average molecular weight is 254 g/mol. The number of benzene rings is 1. The quantitative estimate of drug-likeness (QED) is 0.676. The molecule has 1 aromatic carbocycles. The molecule has 0 amide bonds. The Morgan fingerprint density at radius 3 is 2.94 bits per heavy atom. The van der Waals surface area contributed by atoms with Crippen LogP contribution in [-0.4, -0.2) is 9.55 Å². The van der Waals surface area contributed by atoms with Crippen LogP contribution in [0.4, 0.5) is 5.69 Å². The number of rotatable bonds is 3. The molecule has 0 spiro atoms. The highest BCUT2D eigenvalue weighted by Crippen LogP contribution is 2.28. The number of nitrogens with zero attached hydrogens (tertiary/aromatic N) is 2. The van der Waals surface area contributed by atoms with E-state index >= 15 is 0 Å². The molecular weight excluding hydrogens is 242 g/mol. The van der Waals surface area contributed by atoms with E-state index in [0.717, 1.165) is 16.5 Å². The van der Waals surface area contributed by atoms with Crippen LogP contribution in [0.2, 0.25) is 5.02 Å². The molecule has 0 atom stereocenters. The van der Waals surface area contributed by atoms with Gasteiger partial charge in [0.25, 0.3) is 0 Å². The Kier molecular flexibility index (Phi) is 3.41. The number of anilines is 1. The van der Waals surface area contributed by atoms with Crippen molar-refractivity contribution < 1.29 is 0 Å². The zero-order valence-corrected chi connectivity index (χ0v) is 10.4. The molecule has 2 N–H and O–H groups in total. The van der Waals surface area contributed by atoms with Gasteiger partial charge in [0.1, 0.15) is 5.82 Å². The summed E-state index contributed by atoms with van der Waals surface area (Å²) < 4.78 is 2.01. The Balaban J connectivity index is 2.05. The monoisotopic (exact) mass is 253 g/mol. The molecule has 0 aliphatic rings. The molecule has 0 aliphatic heterocycles. The van der Waals surface area contributed by atoms with Crippen LogP contribution in [0.3, 0.4) is 0 Å². The summed E-state index contributed by atoms with van der Waals surface area (Å²) in [7, 11) is 1.98. The highest BCUT2D eigenvalue weighted by molar-refractivity contribution is 7.98. The summed E-state index contributed by atoms with van der Waals surface area (Å²) in [4.78, 5) is 5.35. The van der Waals surface area contributed by atoms with Gasteiger partial charge in [-0.3, -0.25) is 0 Å². The van der Waals surface area contributed by atoms with Gasteiger partial charge < -0.3 is 10.3 Å². The Labute approximate surface area is 104 Å². The molecule has 2 aromatic rings. The summed E-state index contributed by atoms with van der Waals surface area (Å²) in [6.45, 7) is 0. The number of aryl methyl sites for hydroxylation is 1. The first-order chi connectivity index (χ1) is 7.66. The van der Waals surface area contributed by atoms with Crippen LogP contribution in [0.25, 0.3) is 0 Å². The molecule has 16 heavy (non-hydrogen) atoms. The smallest absolute Gasteiger partial charge is 0.118 e. The summed E-state index contributed by atoms with van der Waals surface area (Å²) in [5.74, 6) is 1.86. The maximum Gasteiger partial charge on any atom is 0.118 e. The second-order valence-corrected chi connectivity index (χ2v) is 4.88. The molecule has 1 heterocycles. The van der Waals surface area contributed by atoms with Gasteiger partial charge in [-0.25, -0.2) is 4.98 Å². The third-order valence-corrected chi connectivity index (χ3v) is 3.58. The average Bonchev–Trinajstić information content (AvgIpc) is 2.66. The molecule has 2 rings (SSSR count). The van der Waals surface area contributed by atoms with E-state index < -0.39 is 0 Å². The number of imidazole rings is 1. The fraction of sp³-hybridized carbons (Fsp3) is 0.182. The standard InChI is InChI=1S/C11H12ClN3S/c1-15-5-4-14-11(15)7-16-8-2-3-10(13)9(12)6-8/h2-6H,7,13H2,1H3. The van der Waals surface area contributed by atoms with E-state index in [1.165, 1.54) is 0 Å².